The van der Waals surface area contributed by atoms with Crippen LogP contribution in [0.1, 0.15) is 24.8 Å². The van der Waals surface area contributed by atoms with Gasteiger partial charge in [0.25, 0.3) is 0 Å². The van der Waals surface area contributed by atoms with Crippen molar-refractivity contribution < 1.29 is 24.1 Å². The maximum Gasteiger partial charge on any atom is 0.224 e. The predicted molar refractivity (Wildman–Crippen MR) is 136 cm³/mol. The molecule has 7 nitrogen and oxygen atoms in total. The van der Waals surface area contributed by atoms with E-state index in [1.165, 1.54) is 0 Å². The molecule has 0 saturated carbocycles. The number of benzene rings is 2. The third-order valence-corrected chi connectivity index (χ3v) is 6.88. The maximum atomic E-state index is 13.1. The Bertz CT molecular complexity index is 1090. The van der Waals surface area contributed by atoms with Gasteiger partial charge in [0, 0.05) is 12.5 Å². The lowest BCUT2D eigenvalue weighted by Crippen LogP contribution is -2.52. The van der Waals surface area contributed by atoms with Crippen molar-refractivity contribution in [3.05, 3.63) is 83.8 Å². The van der Waals surface area contributed by atoms with Gasteiger partial charge in [-0.15, -0.1) is 0 Å². The van der Waals surface area contributed by atoms with E-state index in [2.05, 4.69) is 10.2 Å². The van der Waals surface area contributed by atoms with E-state index in [-0.39, 0.29) is 24.3 Å². The second-order valence-corrected chi connectivity index (χ2v) is 9.61. The number of rotatable bonds is 9. The largest absolute Gasteiger partial charge is 0.486 e. The minimum absolute atomic E-state index is 0.118. The van der Waals surface area contributed by atoms with E-state index in [0.29, 0.717) is 37.7 Å². The fourth-order valence-corrected chi connectivity index (χ4v) is 5.05. The van der Waals surface area contributed by atoms with Gasteiger partial charge in [-0.1, -0.05) is 30.3 Å². The highest BCUT2D eigenvalue weighted by molar-refractivity contribution is 5.79. The number of fused-ring (bicyclic) bond motifs is 1. The molecule has 1 amide bonds. The van der Waals surface area contributed by atoms with Crippen molar-refractivity contribution in [2.24, 2.45) is 5.92 Å². The summed E-state index contributed by atoms with van der Waals surface area (Å²) in [7, 11) is 0. The van der Waals surface area contributed by atoms with Gasteiger partial charge in [-0.05, 0) is 74.3 Å². The SMILES string of the molecule is O=C(Cc1cccc(Oc2ccccc2)c1)N[C@H](CN1CCCC1)[C@H](O)C1C=C2OCCOC2=CC1. The zero-order valence-corrected chi connectivity index (χ0v) is 20.5. The van der Waals surface area contributed by atoms with Crippen LogP contribution < -0.4 is 10.1 Å². The molecule has 2 heterocycles. The van der Waals surface area contributed by atoms with Gasteiger partial charge in [0.2, 0.25) is 5.91 Å². The fraction of sp³-hybridized carbons (Fsp3) is 0.414. The molecule has 36 heavy (non-hydrogen) atoms. The first-order valence-electron chi connectivity index (χ1n) is 12.8. The molecule has 0 spiro atoms. The number of carbonyl (C=O) groups excluding carboxylic acids is 1. The van der Waals surface area contributed by atoms with E-state index in [4.69, 9.17) is 14.2 Å². The standard InChI is InChI=1S/C29H34N2O5/c32-28(18-21-7-6-10-24(17-21)36-23-8-2-1-3-9-23)30-25(20-31-13-4-5-14-31)29(33)22-11-12-26-27(19-22)35-16-15-34-26/h1-3,6-10,12,17,19,22,25,29,33H,4-5,11,13-16,18,20H2,(H,30,32)/t22?,25-,29-/m1/s1. The van der Waals surface area contributed by atoms with Crippen LogP contribution in [0.4, 0.5) is 0 Å². The van der Waals surface area contributed by atoms with Crippen molar-refractivity contribution >= 4 is 5.91 Å². The summed E-state index contributed by atoms with van der Waals surface area (Å²) in [5.74, 6) is 2.61. The number of allylic oxidation sites excluding steroid dienone is 1. The van der Waals surface area contributed by atoms with Crippen molar-refractivity contribution in [2.45, 2.75) is 37.8 Å². The van der Waals surface area contributed by atoms with E-state index >= 15 is 0 Å². The first-order valence-corrected chi connectivity index (χ1v) is 12.8. The molecule has 3 atom stereocenters. The number of aliphatic hydroxyl groups is 1. The summed E-state index contributed by atoms with van der Waals surface area (Å²) in [6.45, 7) is 3.65. The van der Waals surface area contributed by atoms with Crippen LogP contribution in [0.15, 0.2) is 78.3 Å². The summed E-state index contributed by atoms with van der Waals surface area (Å²) in [4.78, 5) is 15.4. The monoisotopic (exact) mass is 490 g/mol. The highest BCUT2D eigenvalue weighted by Crippen LogP contribution is 2.30. The van der Waals surface area contributed by atoms with Crippen LogP contribution in [0.5, 0.6) is 11.5 Å². The third-order valence-electron chi connectivity index (χ3n) is 6.88. The van der Waals surface area contributed by atoms with E-state index in [9.17, 15) is 9.90 Å². The van der Waals surface area contributed by atoms with E-state index < -0.39 is 6.10 Å². The zero-order chi connectivity index (χ0) is 24.7. The van der Waals surface area contributed by atoms with Gasteiger partial charge in [-0.25, -0.2) is 0 Å². The number of likely N-dealkylation sites (tertiary alicyclic amines) is 1. The average Bonchev–Trinajstić information content (AvgIpc) is 3.41. The first kappa shape index (κ1) is 24.4. The molecule has 2 saturated heterocycles. The summed E-state index contributed by atoms with van der Waals surface area (Å²) >= 11 is 0. The Morgan fingerprint density at radius 2 is 1.78 bits per heavy atom. The molecule has 3 aliphatic rings. The molecule has 5 rings (SSSR count). The topological polar surface area (TPSA) is 80.3 Å². The molecule has 1 aliphatic carbocycles. The predicted octanol–water partition coefficient (Wildman–Crippen LogP) is 3.80. The van der Waals surface area contributed by atoms with Crippen LogP contribution >= 0.6 is 0 Å². The quantitative estimate of drug-likeness (QED) is 0.557. The Kier molecular flexibility index (Phi) is 7.88. The number of hydrogen-bond acceptors (Lipinski definition) is 6. The molecule has 2 N–H and O–H groups in total. The van der Waals surface area contributed by atoms with E-state index in [1.54, 1.807) is 0 Å². The fourth-order valence-electron chi connectivity index (χ4n) is 5.05. The number of carbonyl (C=O) groups is 1. The highest BCUT2D eigenvalue weighted by atomic mass is 16.6. The van der Waals surface area contributed by atoms with Crippen molar-refractivity contribution in [1.82, 2.24) is 10.2 Å². The van der Waals surface area contributed by atoms with Gasteiger partial charge in [0.1, 0.15) is 24.7 Å². The van der Waals surface area contributed by atoms with Gasteiger partial charge in [0.15, 0.2) is 11.5 Å². The lowest BCUT2D eigenvalue weighted by atomic mass is 9.88. The molecular formula is C29H34N2O5. The number of nitrogens with zero attached hydrogens (tertiary/aromatic N) is 1. The van der Waals surface area contributed by atoms with Crippen LogP contribution in [0.2, 0.25) is 0 Å². The van der Waals surface area contributed by atoms with Crippen molar-refractivity contribution in [1.29, 1.82) is 0 Å². The number of amides is 1. The zero-order valence-electron chi connectivity index (χ0n) is 20.5. The Balaban J connectivity index is 1.24. The minimum atomic E-state index is -0.738. The number of hydrogen-bond donors (Lipinski definition) is 2. The van der Waals surface area contributed by atoms with E-state index in [1.807, 2.05) is 66.7 Å². The van der Waals surface area contributed by atoms with Gasteiger partial charge in [0.05, 0.1) is 18.6 Å². The molecule has 2 aromatic carbocycles. The molecule has 7 heteroatoms. The smallest absolute Gasteiger partial charge is 0.224 e. The first-order chi connectivity index (χ1) is 17.6. The van der Waals surface area contributed by atoms with Crippen LogP contribution in [0.25, 0.3) is 0 Å². The molecule has 190 valence electrons. The number of nitrogens with one attached hydrogen (secondary N) is 1. The Hall–Kier alpha value is -3.29. The molecular weight excluding hydrogens is 456 g/mol. The molecule has 0 radical (unpaired) electrons. The summed E-state index contributed by atoms with van der Waals surface area (Å²) in [6, 6.07) is 16.8. The third kappa shape index (κ3) is 6.28. The normalized spacial score (nSPS) is 21.2. The van der Waals surface area contributed by atoms with Crippen molar-refractivity contribution in [3.63, 3.8) is 0 Å². The Morgan fingerprint density at radius 3 is 2.58 bits per heavy atom. The summed E-state index contributed by atoms with van der Waals surface area (Å²) in [5, 5.41) is 14.5. The number of aliphatic hydroxyl groups excluding tert-OH is 1. The van der Waals surface area contributed by atoms with Crippen LogP contribution in [0.3, 0.4) is 0 Å². The Labute approximate surface area is 212 Å². The molecule has 0 aromatic heterocycles. The molecule has 2 aromatic rings. The average molecular weight is 491 g/mol. The number of para-hydroxylation sites is 1. The second kappa shape index (κ2) is 11.6. The molecule has 2 aliphatic heterocycles. The summed E-state index contributed by atoms with van der Waals surface area (Å²) < 4.78 is 17.3. The summed E-state index contributed by atoms with van der Waals surface area (Å²) in [6.07, 6.45) is 6.35. The van der Waals surface area contributed by atoms with Crippen molar-refractivity contribution in [2.75, 3.05) is 32.8 Å². The lowest BCUT2D eigenvalue weighted by molar-refractivity contribution is -0.122. The van der Waals surface area contributed by atoms with E-state index in [0.717, 1.165) is 43.0 Å². The van der Waals surface area contributed by atoms with Crippen LogP contribution in [0, 0.1) is 5.92 Å². The second-order valence-electron chi connectivity index (χ2n) is 9.61. The van der Waals surface area contributed by atoms with Gasteiger partial charge >= 0.3 is 0 Å². The molecule has 0 bridgehead atoms. The van der Waals surface area contributed by atoms with Crippen LogP contribution in [-0.4, -0.2) is 60.9 Å². The summed E-state index contributed by atoms with van der Waals surface area (Å²) in [5.41, 5.74) is 0.857. The Morgan fingerprint density at radius 1 is 1.03 bits per heavy atom. The van der Waals surface area contributed by atoms with Gasteiger partial charge in [-0.3, -0.25) is 4.79 Å². The maximum absolute atomic E-state index is 13.1. The lowest BCUT2D eigenvalue weighted by Gasteiger charge is -2.34. The number of ether oxygens (including phenoxy) is 3. The van der Waals surface area contributed by atoms with Crippen molar-refractivity contribution in [3.8, 4) is 11.5 Å². The highest BCUT2D eigenvalue weighted by Gasteiger charge is 2.33. The minimum Gasteiger partial charge on any atom is -0.486 e. The van der Waals surface area contributed by atoms with Gasteiger partial charge < -0.3 is 29.5 Å². The van der Waals surface area contributed by atoms with Crippen LogP contribution in [-0.2, 0) is 20.7 Å². The molecule has 2 fully saturated rings. The molecule has 1 unspecified atom stereocenters. The van der Waals surface area contributed by atoms with Gasteiger partial charge in [-0.2, -0.15) is 0 Å².